The molecule has 0 radical (unpaired) electrons. The van der Waals surface area contributed by atoms with Crippen molar-refractivity contribution in [3.8, 4) is 0 Å². The summed E-state index contributed by atoms with van der Waals surface area (Å²) in [7, 11) is -3.87. The Labute approximate surface area is 152 Å². The average molecular weight is 376 g/mol. The summed E-state index contributed by atoms with van der Waals surface area (Å²) in [6.45, 7) is 3.10. The summed E-state index contributed by atoms with van der Waals surface area (Å²) >= 11 is 0. The van der Waals surface area contributed by atoms with Gasteiger partial charge >= 0.3 is 0 Å². The zero-order valence-electron chi connectivity index (χ0n) is 14.4. The fourth-order valence-corrected chi connectivity index (χ4v) is 3.32. The number of nitrogens with zero attached hydrogens (tertiary/aromatic N) is 1. The van der Waals surface area contributed by atoms with Crippen LogP contribution in [0.15, 0.2) is 53.7 Å². The molecule has 2 aromatic rings. The number of amides is 2. The predicted molar refractivity (Wildman–Crippen MR) is 96.6 cm³/mol. The van der Waals surface area contributed by atoms with Gasteiger partial charge in [0.1, 0.15) is 0 Å². The van der Waals surface area contributed by atoms with Crippen LogP contribution in [0, 0.1) is 0 Å². The van der Waals surface area contributed by atoms with Crippen LogP contribution in [0.4, 0.5) is 5.69 Å². The van der Waals surface area contributed by atoms with Gasteiger partial charge in [0.2, 0.25) is 21.8 Å². The highest BCUT2D eigenvalue weighted by atomic mass is 32.2. The van der Waals surface area contributed by atoms with Gasteiger partial charge in [-0.2, -0.15) is 4.72 Å². The van der Waals surface area contributed by atoms with Crippen LogP contribution in [0.3, 0.4) is 0 Å². The van der Waals surface area contributed by atoms with Gasteiger partial charge in [-0.3, -0.25) is 14.6 Å². The summed E-state index contributed by atoms with van der Waals surface area (Å²) < 4.78 is 27.1. The molecule has 2 rings (SSSR count). The third kappa shape index (κ3) is 5.64. The molecule has 8 nitrogen and oxygen atoms in total. The van der Waals surface area contributed by atoms with Crippen LogP contribution in [0.2, 0.25) is 0 Å². The molecule has 138 valence electrons. The van der Waals surface area contributed by atoms with E-state index in [4.69, 9.17) is 0 Å². The van der Waals surface area contributed by atoms with Crippen LogP contribution >= 0.6 is 0 Å². The van der Waals surface area contributed by atoms with Gasteiger partial charge in [0, 0.05) is 31.5 Å². The molecule has 26 heavy (non-hydrogen) atoms. The zero-order chi connectivity index (χ0) is 19.2. The third-order valence-electron chi connectivity index (χ3n) is 3.43. The van der Waals surface area contributed by atoms with Gasteiger partial charge in [-0.25, -0.2) is 8.42 Å². The normalized spacial score (nSPS) is 12.2. The quantitative estimate of drug-likeness (QED) is 0.667. The number of carbonyl (C=O) groups is 2. The standard InChI is InChI=1S/C17H20N4O4S/c1-12(17(23)19-11-14-7-9-18-10-8-14)21-26(24,25)16-5-3-15(4-6-16)20-13(2)22/h3-10,12,21H,11H2,1-2H3,(H,19,23)(H,20,22)/t12-/m1/s1. The van der Waals surface area contributed by atoms with E-state index in [9.17, 15) is 18.0 Å². The van der Waals surface area contributed by atoms with Crippen molar-refractivity contribution in [3.63, 3.8) is 0 Å². The van der Waals surface area contributed by atoms with Crippen molar-refractivity contribution >= 4 is 27.5 Å². The highest BCUT2D eigenvalue weighted by Crippen LogP contribution is 2.14. The maximum atomic E-state index is 12.4. The summed E-state index contributed by atoms with van der Waals surface area (Å²) in [5, 5.41) is 5.21. The van der Waals surface area contributed by atoms with Crippen molar-refractivity contribution in [2.75, 3.05) is 5.32 Å². The average Bonchev–Trinajstić information content (AvgIpc) is 2.60. The predicted octanol–water partition coefficient (Wildman–Crippen LogP) is 1.02. The first-order valence-corrected chi connectivity index (χ1v) is 9.33. The van der Waals surface area contributed by atoms with Crippen LogP contribution in [-0.4, -0.2) is 31.3 Å². The lowest BCUT2D eigenvalue weighted by atomic mass is 10.2. The van der Waals surface area contributed by atoms with Crippen molar-refractivity contribution in [2.45, 2.75) is 31.3 Å². The van der Waals surface area contributed by atoms with Crippen LogP contribution in [0.5, 0.6) is 0 Å². The van der Waals surface area contributed by atoms with Gasteiger partial charge in [0.05, 0.1) is 10.9 Å². The molecule has 1 aromatic carbocycles. The van der Waals surface area contributed by atoms with E-state index in [0.29, 0.717) is 5.69 Å². The van der Waals surface area contributed by atoms with E-state index in [0.717, 1.165) is 5.56 Å². The van der Waals surface area contributed by atoms with Crippen molar-refractivity contribution in [1.82, 2.24) is 15.0 Å². The summed E-state index contributed by atoms with van der Waals surface area (Å²) in [6, 6.07) is 8.23. The largest absolute Gasteiger partial charge is 0.351 e. The van der Waals surface area contributed by atoms with Crippen molar-refractivity contribution in [3.05, 3.63) is 54.4 Å². The van der Waals surface area contributed by atoms with Crippen LogP contribution in [0.1, 0.15) is 19.4 Å². The number of pyridine rings is 1. The summed E-state index contributed by atoms with van der Waals surface area (Å²) in [6.07, 6.45) is 3.22. The van der Waals surface area contributed by atoms with Gasteiger partial charge in [0.25, 0.3) is 0 Å². The minimum atomic E-state index is -3.87. The number of rotatable bonds is 7. The molecule has 2 amide bonds. The number of anilines is 1. The van der Waals surface area contributed by atoms with Crippen molar-refractivity contribution in [1.29, 1.82) is 0 Å². The molecule has 0 saturated carbocycles. The zero-order valence-corrected chi connectivity index (χ0v) is 15.2. The molecule has 0 spiro atoms. The van der Waals surface area contributed by atoms with E-state index < -0.39 is 22.0 Å². The maximum Gasteiger partial charge on any atom is 0.241 e. The highest BCUT2D eigenvalue weighted by Gasteiger charge is 2.21. The van der Waals surface area contributed by atoms with E-state index in [2.05, 4.69) is 20.3 Å². The number of sulfonamides is 1. The van der Waals surface area contributed by atoms with Crippen molar-refractivity contribution in [2.24, 2.45) is 0 Å². The van der Waals surface area contributed by atoms with Crippen LogP contribution in [0.25, 0.3) is 0 Å². The smallest absolute Gasteiger partial charge is 0.241 e. The summed E-state index contributed by atoms with van der Waals surface area (Å²) in [4.78, 5) is 27.0. The minimum absolute atomic E-state index is 0.000357. The first-order chi connectivity index (χ1) is 12.3. The van der Waals surface area contributed by atoms with E-state index >= 15 is 0 Å². The number of nitrogens with one attached hydrogen (secondary N) is 3. The molecule has 0 aliphatic heterocycles. The van der Waals surface area contributed by atoms with E-state index in [1.54, 1.807) is 24.5 Å². The molecule has 0 aliphatic rings. The Morgan fingerprint density at radius 1 is 1.08 bits per heavy atom. The molecule has 0 saturated heterocycles. The van der Waals surface area contributed by atoms with Gasteiger partial charge in [-0.15, -0.1) is 0 Å². The number of benzene rings is 1. The molecule has 1 heterocycles. The molecule has 0 fully saturated rings. The summed E-state index contributed by atoms with van der Waals surface area (Å²) in [5.74, 6) is -0.696. The van der Waals surface area contributed by atoms with Crippen LogP contribution < -0.4 is 15.4 Å². The lowest BCUT2D eigenvalue weighted by Crippen LogP contribution is -2.44. The van der Waals surface area contributed by atoms with Gasteiger partial charge in [0.15, 0.2) is 0 Å². The molecule has 0 unspecified atom stereocenters. The second-order valence-electron chi connectivity index (χ2n) is 5.62. The Hall–Kier alpha value is -2.78. The second kappa shape index (κ2) is 8.54. The number of aromatic nitrogens is 1. The molecule has 0 bridgehead atoms. The monoisotopic (exact) mass is 376 g/mol. The molecule has 0 aliphatic carbocycles. The number of hydrogen-bond donors (Lipinski definition) is 3. The van der Waals surface area contributed by atoms with Crippen LogP contribution in [-0.2, 0) is 26.2 Å². The first kappa shape index (κ1) is 19.5. The van der Waals surface area contributed by atoms with Gasteiger partial charge < -0.3 is 10.6 Å². The summed E-state index contributed by atoms with van der Waals surface area (Å²) in [5.41, 5.74) is 1.34. The highest BCUT2D eigenvalue weighted by molar-refractivity contribution is 7.89. The third-order valence-corrected chi connectivity index (χ3v) is 4.98. The Morgan fingerprint density at radius 3 is 2.27 bits per heavy atom. The van der Waals surface area contributed by atoms with Crippen molar-refractivity contribution < 1.29 is 18.0 Å². The van der Waals surface area contributed by atoms with Gasteiger partial charge in [-0.05, 0) is 48.9 Å². The Morgan fingerprint density at radius 2 is 1.69 bits per heavy atom. The lowest BCUT2D eigenvalue weighted by Gasteiger charge is -2.15. The minimum Gasteiger partial charge on any atom is -0.351 e. The van der Waals surface area contributed by atoms with E-state index in [1.807, 2.05) is 0 Å². The number of carbonyl (C=O) groups excluding carboxylic acids is 2. The molecular weight excluding hydrogens is 356 g/mol. The Bertz CT molecular complexity index is 867. The fraction of sp³-hybridized carbons (Fsp3) is 0.235. The Balaban J connectivity index is 1.96. The molecule has 1 atom stereocenters. The van der Waals surface area contributed by atoms with Gasteiger partial charge in [-0.1, -0.05) is 0 Å². The van der Waals surface area contributed by atoms with E-state index in [1.165, 1.54) is 38.1 Å². The number of hydrogen-bond acceptors (Lipinski definition) is 5. The second-order valence-corrected chi connectivity index (χ2v) is 7.34. The molecule has 9 heteroatoms. The topological polar surface area (TPSA) is 117 Å². The maximum absolute atomic E-state index is 12.4. The molecule has 1 aromatic heterocycles. The Kier molecular flexibility index (Phi) is 6.42. The van der Waals surface area contributed by atoms with E-state index in [-0.39, 0.29) is 17.3 Å². The lowest BCUT2D eigenvalue weighted by molar-refractivity contribution is -0.122. The fourth-order valence-electron chi connectivity index (χ4n) is 2.12. The molecule has 3 N–H and O–H groups in total. The molecular formula is C17H20N4O4S. The SMILES string of the molecule is CC(=O)Nc1ccc(S(=O)(=O)N[C@H](C)C(=O)NCc2ccncc2)cc1. The first-order valence-electron chi connectivity index (χ1n) is 7.84.